The highest BCUT2D eigenvalue weighted by Gasteiger charge is 2.05. The summed E-state index contributed by atoms with van der Waals surface area (Å²) in [6.45, 7) is 5.66. The summed E-state index contributed by atoms with van der Waals surface area (Å²) in [6, 6.07) is 0. The third kappa shape index (κ3) is 5.97. The SMILES string of the molecule is CCNCCn1nnnc1SCCOCCO. The number of aliphatic hydroxyl groups is 1. The van der Waals surface area contributed by atoms with Gasteiger partial charge in [-0.25, -0.2) is 4.68 Å². The molecule has 0 fully saturated rings. The van der Waals surface area contributed by atoms with Crippen LogP contribution in [0.1, 0.15) is 6.92 Å². The van der Waals surface area contributed by atoms with Gasteiger partial charge in [-0.3, -0.25) is 0 Å². The number of thioether (sulfide) groups is 1. The molecule has 98 valence electrons. The molecule has 0 saturated carbocycles. The molecule has 2 N–H and O–H groups in total. The fourth-order valence-electron chi connectivity index (χ4n) is 1.16. The summed E-state index contributed by atoms with van der Waals surface area (Å²) < 4.78 is 6.94. The fourth-order valence-corrected chi connectivity index (χ4v) is 1.92. The number of aliphatic hydroxyl groups excluding tert-OH is 1. The normalized spacial score (nSPS) is 10.9. The highest BCUT2D eigenvalue weighted by atomic mass is 32.2. The van der Waals surface area contributed by atoms with Gasteiger partial charge in [0, 0.05) is 12.3 Å². The van der Waals surface area contributed by atoms with Crippen LogP contribution >= 0.6 is 11.8 Å². The fraction of sp³-hybridized carbons (Fsp3) is 0.889. The molecule has 0 radical (unpaired) electrons. The molecule has 0 aliphatic rings. The van der Waals surface area contributed by atoms with E-state index in [1.165, 1.54) is 0 Å². The molecule has 0 saturated heterocycles. The van der Waals surface area contributed by atoms with Gasteiger partial charge in [0.05, 0.1) is 26.4 Å². The molecule has 0 aliphatic heterocycles. The summed E-state index contributed by atoms with van der Waals surface area (Å²) in [7, 11) is 0. The molecule has 1 aromatic heterocycles. The smallest absolute Gasteiger partial charge is 0.209 e. The van der Waals surface area contributed by atoms with E-state index in [1.54, 1.807) is 16.4 Å². The lowest BCUT2D eigenvalue weighted by molar-refractivity contribution is 0.103. The van der Waals surface area contributed by atoms with Gasteiger partial charge in [0.1, 0.15) is 0 Å². The van der Waals surface area contributed by atoms with E-state index in [0.717, 1.165) is 30.5 Å². The molecular weight excluding hydrogens is 242 g/mol. The summed E-state index contributed by atoms with van der Waals surface area (Å²) in [4.78, 5) is 0. The number of tetrazole rings is 1. The maximum absolute atomic E-state index is 8.54. The Morgan fingerprint density at radius 2 is 2.35 bits per heavy atom. The lowest BCUT2D eigenvalue weighted by Crippen LogP contribution is -2.20. The highest BCUT2D eigenvalue weighted by molar-refractivity contribution is 7.99. The van der Waals surface area contributed by atoms with Gasteiger partial charge in [-0.05, 0) is 17.0 Å². The van der Waals surface area contributed by atoms with Crippen molar-refractivity contribution in [1.29, 1.82) is 0 Å². The van der Waals surface area contributed by atoms with Crippen LogP contribution in [0, 0.1) is 0 Å². The van der Waals surface area contributed by atoms with Crippen LogP contribution in [-0.4, -0.2) is 64.0 Å². The van der Waals surface area contributed by atoms with Crippen molar-refractivity contribution in [3.8, 4) is 0 Å². The number of hydrogen-bond acceptors (Lipinski definition) is 7. The maximum atomic E-state index is 8.54. The largest absolute Gasteiger partial charge is 0.394 e. The molecule has 0 atom stereocenters. The van der Waals surface area contributed by atoms with E-state index in [4.69, 9.17) is 9.84 Å². The van der Waals surface area contributed by atoms with E-state index >= 15 is 0 Å². The quantitative estimate of drug-likeness (QED) is 0.429. The Morgan fingerprint density at radius 1 is 1.47 bits per heavy atom. The van der Waals surface area contributed by atoms with Crippen molar-refractivity contribution >= 4 is 11.8 Å². The second kappa shape index (κ2) is 9.34. The Hall–Kier alpha value is -0.700. The van der Waals surface area contributed by atoms with Gasteiger partial charge in [-0.15, -0.1) is 5.10 Å². The summed E-state index contributed by atoms with van der Waals surface area (Å²) in [5.74, 6) is 0.779. The van der Waals surface area contributed by atoms with Crippen LogP contribution in [0.25, 0.3) is 0 Å². The van der Waals surface area contributed by atoms with Crippen molar-refractivity contribution < 1.29 is 9.84 Å². The lowest BCUT2D eigenvalue weighted by Gasteiger charge is -2.04. The average Bonchev–Trinajstić information content (AvgIpc) is 2.77. The minimum absolute atomic E-state index is 0.0606. The molecule has 0 aromatic carbocycles. The number of aromatic nitrogens is 4. The predicted octanol–water partition coefficient (Wildman–Crippen LogP) is -0.616. The van der Waals surface area contributed by atoms with Crippen LogP contribution in [0.2, 0.25) is 0 Å². The van der Waals surface area contributed by atoms with Crippen molar-refractivity contribution in [3.63, 3.8) is 0 Å². The summed E-state index contributed by atoms with van der Waals surface area (Å²) in [5, 5.41) is 24.1. The third-order valence-corrected chi connectivity index (χ3v) is 2.87. The minimum Gasteiger partial charge on any atom is -0.394 e. The molecule has 0 bridgehead atoms. The van der Waals surface area contributed by atoms with Crippen molar-refractivity contribution in [2.45, 2.75) is 18.6 Å². The van der Waals surface area contributed by atoms with Crippen LogP contribution in [-0.2, 0) is 11.3 Å². The Kier molecular flexibility index (Phi) is 7.89. The Balaban J connectivity index is 2.20. The van der Waals surface area contributed by atoms with E-state index in [0.29, 0.717) is 13.2 Å². The zero-order valence-electron chi connectivity index (χ0n) is 10.0. The highest BCUT2D eigenvalue weighted by Crippen LogP contribution is 2.12. The molecule has 0 spiro atoms. The summed E-state index contributed by atoms with van der Waals surface area (Å²) in [6.07, 6.45) is 0. The molecular formula is C9H19N5O2S. The van der Waals surface area contributed by atoms with Gasteiger partial charge in [0.15, 0.2) is 0 Å². The number of ether oxygens (including phenoxy) is 1. The maximum Gasteiger partial charge on any atom is 0.209 e. The predicted molar refractivity (Wildman–Crippen MR) is 65.0 cm³/mol. The molecule has 7 nitrogen and oxygen atoms in total. The average molecular weight is 261 g/mol. The monoisotopic (exact) mass is 261 g/mol. The molecule has 0 unspecified atom stereocenters. The van der Waals surface area contributed by atoms with Crippen LogP contribution in [0.5, 0.6) is 0 Å². The number of rotatable bonds is 10. The molecule has 0 aliphatic carbocycles. The molecule has 1 aromatic rings. The second-order valence-corrected chi connectivity index (χ2v) is 4.28. The van der Waals surface area contributed by atoms with E-state index in [9.17, 15) is 0 Å². The van der Waals surface area contributed by atoms with Crippen molar-refractivity contribution in [1.82, 2.24) is 25.5 Å². The van der Waals surface area contributed by atoms with Crippen molar-refractivity contribution in [2.75, 3.05) is 38.7 Å². The number of nitrogens with zero attached hydrogens (tertiary/aromatic N) is 4. The lowest BCUT2D eigenvalue weighted by atomic mass is 10.6. The first-order valence-corrected chi connectivity index (χ1v) is 6.65. The Morgan fingerprint density at radius 3 is 3.12 bits per heavy atom. The van der Waals surface area contributed by atoms with Crippen molar-refractivity contribution in [2.24, 2.45) is 0 Å². The van der Waals surface area contributed by atoms with Gasteiger partial charge in [0.25, 0.3) is 0 Å². The Labute approximate surface area is 105 Å². The first kappa shape index (κ1) is 14.4. The number of likely N-dealkylation sites (N-methyl/N-ethyl adjacent to an activating group) is 1. The van der Waals surface area contributed by atoms with Crippen LogP contribution in [0.4, 0.5) is 0 Å². The first-order chi connectivity index (χ1) is 8.38. The third-order valence-electron chi connectivity index (χ3n) is 1.94. The van der Waals surface area contributed by atoms with Gasteiger partial charge >= 0.3 is 0 Å². The van der Waals surface area contributed by atoms with E-state index in [-0.39, 0.29) is 6.61 Å². The van der Waals surface area contributed by atoms with Gasteiger partial charge in [0.2, 0.25) is 5.16 Å². The molecule has 1 heterocycles. The topological polar surface area (TPSA) is 85.1 Å². The molecule has 0 amide bonds. The molecule has 17 heavy (non-hydrogen) atoms. The zero-order chi connectivity index (χ0) is 12.3. The Bertz CT molecular complexity index is 297. The summed E-state index contributed by atoms with van der Waals surface area (Å²) >= 11 is 1.55. The van der Waals surface area contributed by atoms with E-state index in [2.05, 4.69) is 27.8 Å². The minimum atomic E-state index is 0.0606. The van der Waals surface area contributed by atoms with Crippen LogP contribution in [0.3, 0.4) is 0 Å². The zero-order valence-corrected chi connectivity index (χ0v) is 10.8. The summed E-state index contributed by atoms with van der Waals surface area (Å²) in [5.41, 5.74) is 0. The molecule has 1 rings (SSSR count). The van der Waals surface area contributed by atoms with E-state index in [1.807, 2.05) is 0 Å². The van der Waals surface area contributed by atoms with Gasteiger partial charge < -0.3 is 15.2 Å². The number of nitrogens with one attached hydrogen (secondary N) is 1. The van der Waals surface area contributed by atoms with E-state index < -0.39 is 0 Å². The van der Waals surface area contributed by atoms with Crippen LogP contribution in [0.15, 0.2) is 5.16 Å². The standard InChI is InChI=1S/C9H19N5O2S/c1-2-10-3-4-14-9(11-12-13-14)17-8-7-16-6-5-15/h10,15H,2-8H2,1H3. The second-order valence-electron chi connectivity index (χ2n) is 3.22. The van der Waals surface area contributed by atoms with Crippen molar-refractivity contribution in [3.05, 3.63) is 0 Å². The number of hydrogen-bond donors (Lipinski definition) is 2. The molecule has 8 heteroatoms. The first-order valence-electron chi connectivity index (χ1n) is 5.66. The van der Waals surface area contributed by atoms with Crippen LogP contribution < -0.4 is 5.32 Å². The van der Waals surface area contributed by atoms with Gasteiger partial charge in [-0.2, -0.15) is 0 Å². The van der Waals surface area contributed by atoms with Gasteiger partial charge in [-0.1, -0.05) is 18.7 Å².